The summed E-state index contributed by atoms with van der Waals surface area (Å²) in [6.45, 7) is 7.11. The van der Waals surface area contributed by atoms with Crippen LogP contribution in [0.15, 0.2) is 18.2 Å². The number of unbranched alkanes of at least 4 members (excludes halogenated alkanes) is 2. The van der Waals surface area contributed by atoms with Gasteiger partial charge in [-0.2, -0.15) is 0 Å². The number of carbonyl (C=O) groups is 1. The van der Waals surface area contributed by atoms with Gasteiger partial charge in [-0.1, -0.05) is 25.8 Å². The molecule has 3 aliphatic rings. The number of rotatable bonds is 18. The van der Waals surface area contributed by atoms with Crippen LogP contribution in [0.3, 0.4) is 0 Å². The van der Waals surface area contributed by atoms with E-state index < -0.39 is 5.97 Å². The minimum atomic E-state index is -0.853. The molecule has 0 aromatic heterocycles. The number of carboxylic acids is 1. The summed E-state index contributed by atoms with van der Waals surface area (Å²) in [5, 5.41) is 29.6. The number of hydrogen-bond donors (Lipinski definition) is 3. The molecule has 4 rings (SSSR count). The number of aliphatic carboxylic acids is 1. The van der Waals surface area contributed by atoms with E-state index in [2.05, 4.69) is 24.9 Å². The van der Waals surface area contributed by atoms with E-state index in [1.807, 2.05) is 12.1 Å². The van der Waals surface area contributed by atoms with Crippen molar-refractivity contribution in [1.82, 2.24) is 4.90 Å². The van der Waals surface area contributed by atoms with Crippen LogP contribution in [-0.2, 0) is 25.4 Å². The minimum absolute atomic E-state index is 0.0187. The van der Waals surface area contributed by atoms with Gasteiger partial charge in [0.05, 0.1) is 52.2 Å². The molecular weight excluding hydrogens is 522 g/mol. The van der Waals surface area contributed by atoms with Gasteiger partial charge in [-0.05, 0) is 111 Å². The number of hydrogen-bond acceptors (Lipinski definition) is 7. The molecule has 0 bridgehead atoms. The molecule has 8 heteroatoms. The van der Waals surface area contributed by atoms with Crippen molar-refractivity contribution < 1.29 is 34.3 Å². The summed E-state index contributed by atoms with van der Waals surface area (Å²) in [5.41, 5.74) is 2.89. The Morgan fingerprint density at radius 1 is 0.976 bits per heavy atom. The smallest absolute Gasteiger partial charge is 0.305 e. The van der Waals surface area contributed by atoms with Crippen LogP contribution >= 0.6 is 0 Å². The summed E-state index contributed by atoms with van der Waals surface area (Å²) in [5.74, 6) is 1.99. The maximum atomic E-state index is 10.9. The highest BCUT2D eigenvalue weighted by atomic mass is 16.5. The molecule has 3 aliphatic carbocycles. The number of phenolic OH excluding ortho intramolecular Hbond substituents is 1. The molecule has 1 aromatic carbocycles. The Morgan fingerprint density at radius 3 is 2.46 bits per heavy atom. The second kappa shape index (κ2) is 15.7. The van der Waals surface area contributed by atoms with Gasteiger partial charge >= 0.3 is 5.97 Å². The second-order valence-electron chi connectivity index (χ2n) is 12.9. The predicted molar refractivity (Wildman–Crippen MR) is 158 cm³/mol. The number of ether oxygens (including phenoxy) is 3. The van der Waals surface area contributed by atoms with Gasteiger partial charge in [0.25, 0.3) is 0 Å². The van der Waals surface area contributed by atoms with E-state index in [0.29, 0.717) is 62.5 Å². The summed E-state index contributed by atoms with van der Waals surface area (Å²) in [7, 11) is 2.15. The van der Waals surface area contributed by atoms with Gasteiger partial charge in [0.2, 0.25) is 0 Å². The third-order valence-electron chi connectivity index (χ3n) is 10.3. The fourth-order valence-electron chi connectivity index (χ4n) is 8.03. The van der Waals surface area contributed by atoms with Gasteiger partial charge in [0.1, 0.15) is 5.75 Å². The van der Waals surface area contributed by atoms with Gasteiger partial charge in [-0.25, -0.2) is 0 Å². The molecule has 1 aromatic rings. The number of carboxylic acid groups (broad SMARTS) is 1. The van der Waals surface area contributed by atoms with Crippen LogP contribution in [0.25, 0.3) is 0 Å². The van der Waals surface area contributed by atoms with Crippen molar-refractivity contribution in [3.8, 4) is 5.75 Å². The summed E-state index contributed by atoms with van der Waals surface area (Å²) >= 11 is 0. The van der Waals surface area contributed by atoms with Crippen molar-refractivity contribution in [2.24, 2.45) is 23.2 Å². The van der Waals surface area contributed by atoms with Crippen molar-refractivity contribution in [3.63, 3.8) is 0 Å². The Balaban J connectivity index is 1.12. The maximum absolute atomic E-state index is 10.9. The van der Waals surface area contributed by atoms with Crippen molar-refractivity contribution in [1.29, 1.82) is 0 Å². The number of fused-ring (bicyclic) bond motifs is 5. The Bertz CT molecular complexity index is 958. The number of nitrogens with zero attached hydrogens (tertiary/aromatic N) is 1. The lowest BCUT2D eigenvalue weighted by atomic mass is 9.52. The van der Waals surface area contributed by atoms with Crippen molar-refractivity contribution in [2.45, 2.75) is 83.2 Å². The quantitative estimate of drug-likeness (QED) is 0.213. The van der Waals surface area contributed by atoms with Gasteiger partial charge in [0.15, 0.2) is 0 Å². The van der Waals surface area contributed by atoms with Crippen LogP contribution in [0.5, 0.6) is 5.75 Å². The van der Waals surface area contributed by atoms with Crippen LogP contribution < -0.4 is 0 Å². The van der Waals surface area contributed by atoms with Crippen LogP contribution in [0.4, 0.5) is 0 Å². The lowest BCUT2D eigenvalue weighted by Crippen LogP contribution is -2.47. The first-order valence-electron chi connectivity index (χ1n) is 15.9. The predicted octanol–water partition coefficient (Wildman–Crippen LogP) is 4.85. The fraction of sp³-hybridized carbons (Fsp3) is 0.788. The summed E-state index contributed by atoms with van der Waals surface area (Å²) in [6, 6.07) is 6.06. The molecule has 0 spiro atoms. The van der Waals surface area contributed by atoms with E-state index in [-0.39, 0.29) is 24.5 Å². The highest BCUT2D eigenvalue weighted by Crippen LogP contribution is 2.62. The van der Waals surface area contributed by atoms with E-state index in [0.717, 1.165) is 45.2 Å². The molecule has 0 saturated heterocycles. The molecule has 6 unspecified atom stereocenters. The zero-order valence-corrected chi connectivity index (χ0v) is 25.3. The van der Waals surface area contributed by atoms with E-state index in [1.165, 1.54) is 36.8 Å². The normalized spacial score (nSPS) is 28.8. The molecule has 0 amide bonds. The van der Waals surface area contributed by atoms with Gasteiger partial charge in [0, 0.05) is 6.54 Å². The third-order valence-corrected chi connectivity index (χ3v) is 10.3. The molecule has 232 valence electrons. The number of phenols is 1. The Labute approximate surface area is 246 Å². The molecule has 8 nitrogen and oxygen atoms in total. The highest BCUT2D eigenvalue weighted by Gasteiger charge is 2.56. The second-order valence-corrected chi connectivity index (χ2v) is 12.9. The molecule has 6 atom stereocenters. The average Bonchev–Trinajstić information content (AvgIpc) is 3.24. The van der Waals surface area contributed by atoms with Gasteiger partial charge < -0.3 is 34.4 Å². The molecule has 3 N–H and O–H groups in total. The van der Waals surface area contributed by atoms with Crippen LogP contribution in [0.2, 0.25) is 0 Å². The lowest BCUT2D eigenvalue weighted by molar-refractivity contribution is -0.138. The summed E-state index contributed by atoms with van der Waals surface area (Å²) in [4.78, 5) is 12.8. The number of aliphatic hydroxyl groups excluding tert-OH is 1. The topological polar surface area (TPSA) is 109 Å². The number of benzene rings is 1. The van der Waals surface area contributed by atoms with Gasteiger partial charge in [-0.15, -0.1) is 0 Å². The molecular formula is C33H53NO7. The van der Waals surface area contributed by atoms with E-state index in [4.69, 9.17) is 19.3 Å². The Kier molecular flexibility index (Phi) is 12.3. The molecule has 0 aliphatic heterocycles. The van der Waals surface area contributed by atoms with Crippen LogP contribution in [0, 0.1) is 23.2 Å². The van der Waals surface area contributed by atoms with Crippen molar-refractivity contribution >= 4 is 5.97 Å². The van der Waals surface area contributed by atoms with E-state index >= 15 is 0 Å². The average molecular weight is 576 g/mol. The lowest BCUT2D eigenvalue weighted by Gasteiger charge is -2.53. The molecule has 0 radical (unpaired) electrons. The zero-order valence-electron chi connectivity index (χ0n) is 25.3. The molecule has 2 fully saturated rings. The Hall–Kier alpha value is -1.71. The largest absolute Gasteiger partial charge is 0.508 e. The zero-order chi connectivity index (χ0) is 29.2. The van der Waals surface area contributed by atoms with E-state index in [1.54, 1.807) is 0 Å². The molecule has 2 saturated carbocycles. The highest BCUT2D eigenvalue weighted by molar-refractivity contribution is 5.66. The summed E-state index contributed by atoms with van der Waals surface area (Å²) < 4.78 is 16.3. The van der Waals surface area contributed by atoms with E-state index in [9.17, 15) is 15.0 Å². The monoisotopic (exact) mass is 575 g/mol. The van der Waals surface area contributed by atoms with Crippen LogP contribution in [0.1, 0.15) is 81.8 Å². The summed E-state index contributed by atoms with van der Waals surface area (Å²) in [6.07, 6.45) is 10.2. The third kappa shape index (κ3) is 8.66. The van der Waals surface area contributed by atoms with Crippen molar-refractivity contribution in [2.75, 3.05) is 59.8 Å². The molecule has 0 heterocycles. The molecule has 41 heavy (non-hydrogen) atoms. The first-order valence-corrected chi connectivity index (χ1v) is 15.9. The number of aliphatic hydroxyl groups is 1. The Morgan fingerprint density at radius 2 is 1.71 bits per heavy atom. The SMILES string of the molecule is CN(CCCCCC1Cc2cc(O)ccc2C2CCC3(C)C(O)CCC3C12)CCOCCOCCOCCC(=O)O. The standard InChI is InChI=1S/C33H53NO7/c1-33-13-11-28-27-8-7-26(35)23-25(27)22-24(32(28)29(33)9-10-30(33)36)6-4-3-5-14-34(2)15-17-40-19-21-41-20-18-39-16-12-31(37)38/h7-8,23-24,28-30,32,35-36H,3-6,9-22H2,1-2H3,(H,37,38). The minimum Gasteiger partial charge on any atom is -0.508 e. The fourth-order valence-corrected chi connectivity index (χ4v) is 8.03. The van der Waals surface area contributed by atoms with Gasteiger partial charge in [-0.3, -0.25) is 4.79 Å². The van der Waals surface area contributed by atoms with Crippen molar-refractivity contribution in [3.05, 3.63) is 29.3 Å². The van der Waals surface area contributed by atoms with Crippen LogP contribution in [-0.4, -0.2) is 92.1 Å². The number of likely N-dealkylation sites (N-methyl/N-ethyl adjacent to an activating group) is 1. The first-order chi connectivity index (χ1) is 19.8. The maximum Gasteiger partial charge on any atom is 0.305 e. The number of aromatic hydroxyl groups is 1. The first kappa shape index (κ1) is 32.2.